The maximum absolute atomic E-state index is 13.7. The molecule has 3 aromatic rings. The second-order valence-electron chi connectivity index (χ2n) is 5.03. The topological polar surface area (TPSA) is 85.8 Å². The maximum atomic E-state index is 13.7. The van der Waals surface area contributed by atoms with Crippen LogP contribution in [0.3, 0.4) is 0 Å². The number of carbonyl (C=O) groups is 1. The number of hydrogen-bond donors (Lipinski definition) is 2. The van der Waals surface area contributed by atoms with Crippen molar-refractivity contribution >= 4 is 53.1 Å². The summed E-state index contributed by atoms with van der Waals surface area (Å²) in [6, 6.07) is 4.86. The Bertz CT molecular complexity index is 867. The van der Waals surface area contributed by atoms with Crippen LogP contribution < -0.4 is 11.1 Å². The molecule has 1 amide bonds. The minimum absolute atomic E-state index is 0. The Kier molecular flexibility index (Phi) is 7.75. The van der Waals surface area contributed by atoms with E-state index in [2.05, 4.69) is 15.3 Å². The van der Waals surface area contributed by atoms with Crippen molar-refractivity contribution in [1.29, 1.82) is 0 Å². The standard InChI is InChI=1S/C15H16FN5OS.2ClH/c1-21-11-4-2-3-9(16)14(11)20-12(21)5-6-18-15(22)10-8-23-13(7-17)19-10;;/h2-4,8H,5-7,17H2,1H3,(H,18,22);2*1H. The summed E-state index contributed by atoms with van der Waals surface area (Å²) >= 11 is 1.36. The van der Waals surface area contributed by atoms with Gasteiger partial charge in [-0.3, -0.25) is 4.79 Å². The number of nitrogens with two attached hydrogens (primary N) is 1. The highest BCUT2D eigenvalue weighted by Gasteiger charge is 2.13. The molecule has 0 aliphatic carbocycles. The lowest BCUT2D eigenvalue weighted by Crippen LogP contribution is -2.26. The zero-order valence-electron chi connectivity index (χ0n) is 13.4. The third-order valence-electron chi connectivity index (χ3n) is 3.55. The molecule has 0 radical (unpaired) electrons. The Labute approximate surface area is 160 Å². The largest absolute Gasteiger partial charge is 0.350 e. The predicted octanol–water partition coefficient (Wildman–Crippen LogP) is 2.44. The van der Waals surface area contributed by atoms with E-state index in [9.17, 15) is 9.18 Å². The molecule has 1 aromatic carbocycles. The molecular weight excluding hydrogens is 388 g/mol. The first kappa shape index (κ1) is 21.3. The molecule has 136 valence electrons. The highest BCUT2D eigenvalue weighted by Crippen LogP contribution is 2.18. The molecule has 0 saturated carbocycles. The molecular formula is C15H18Cl2FN5OS. The van der Waals surface area contributed by atoms with Crippen LogP contribution in [0.15, 0.2) is 23.6 Å². The molecule has 0 aliphatic heterocycles. The Morgan fingerprint density at radius 3 is 2.76 bits per heavy atom. The number of fused-ring (bicyclic) bond motifs is 1. The molecule has 0 aliphatic rings. The number of amides is 1. The number of halogens is 3. The number of rotatable bonds is 5. The third-order valence-corrected chi connectivity index (χ3v) is 4.42. The van der Waals surface area contributed by atoms with Gasteiger partial charge in [0.05, 0.1) is 5.52 Å². The molecule has 3 rings (SSSR count). The SMILES string of the molecule is Cl.Cl.Cn1c(CCNC(=O)c2csc(CN)n2)nc2c(F)cccc21. The Hall–Kier alpha value is -1.74. The molecule has 0 saturated heterocycles. The summed E-state index contributed by atoms with van der Waals surface area (Å²) in [7, 11) is 1.83. The van der Waals surface area contributed by atoms with Gasteiger partial charge in [0.2, 0.25) is 0 Å². The number of aromatic nitrogens is 3. The first-order valence-electron chi connectivity index (χ1n) is 7.12. The molecule has 0 spiro atoms. The van der Waals surface area contributed by atoms with Crippen LogP contribution in [0.4, 0.5) is 4.39 Å². The van der Waals surface area contributed by atoms with Crippen molar-refractivity contribution in [2.45, 2.75) is 13.0 Å². The zero-order valence-corrected chi connectivity index (χ0v) is 15.8. The van der Waals surface area contributed by atoms with Gasteiger partial charge in [0.25, 0.3) is 5.91 Å². The molecule has 0 fully saturated rings. The van der Waals surface area contributed by atoms with Crippen molar-refractivity contribution in [2.24, 2.45) is 12.8 Å². The summed E-state index contributed by atoms with van der Waals surface area (Å²) in [5.74, 6) is 0.127. The van der Waals surface area contributed by atoms with Crippen LogP contribution >= 0.6 is 36.2 Å². The summed E-state index contributed by atoms with van der Waals surface area (Å²) < 4.78 is 15.6. The summed E-state index contributed by atoms with van der Waals surface area (Å²) in [6.45, 7) is 0.719. The van der Waals surface area contributed by atoms with Crippen LogP contribution in [0, 0.1) is 5.82 Å². The Balaban J connectivity index is 0.00000156. The van der Waals surface area contributed by atoms with E-state index in [4.69, 9.17) is 5.73 Å². The van der Waals surface area contributed by atoms with Gasteiger partial charge in [-0.05, 0) is 12.1 Å². The van der Waals surface area contributed by atoms with Crippen molar-refractivity contribution < 1.29 is 9.18 Å². The van der Waals surface area contributed by atoms with Crippen LogP contribution in [-0.4, -0.2) is 27.0 Å². The van der Waals surface area contributed by atoms with Crippen LogP contribution in [0.5, 0.6) is 0 Å². The van der Waals surface area contributed by atoms with Crippen molar-refractivity contribution in [3.8, 4) is 0 Å². The average Bonchev–Trinajstić information content (AvgIpc) is 3.14. The minimum Gasteiger partial charge on any atom is -0.350 e. The van der Waals surface area contributed by atoms with Crippen molar-refractivity contribution in [3.05, 3.63) is 45.9 Å². The van der Waals surface area contributed by atoms with Gasteiger partial charge in [0.15, 0.2) is 5.82 Å². The molecule has 6 nitrogen and oxygen atoms in total. The lowest BCUT2D eigenvalue weighted by Gasteiger charge is -2.04. The highest BCUT2D eigenvalue weighted by molar-refractivity contribution is 7.09. The third kappa shape index (κ3) is 4.46. The van der Waals surface area contributed by atoms with E-state index in [0.29, 0.717) is 36.5 Å². The maximum Gasteiger partial charge on any atom is 0.270 e. The van der Waals surface area contributed by atoms with Crippen molar-refractivity contribution in [3.63, 3.8) is 0 Å². The lowest BCUT2D eigenvalue weighted by atomic mass is 10.3. The van der Waals surface area contributed by atoms with Gasteiger partial charge < -0.3 is 15.6 Å². The second kappa shape index (κ2) is 9.10. The molecule has 25 heavy (non-hydrogen) atoms. The van der Waals surface area contributed by atoms with Gasteiger partial charge in [-0.1, -0.05) is 6.07 Å². The quantitative estimate of drug-likeness (QED) is 0.682. The summed E-state index contributed by atoms with van der Waals surface area (Å²) in [5.41, 5.74) is 6.93. The van der Waals surface area contributed by atoms with E-state index in [1.807, 2.05) is 17.7 Å². The zero-order chi connectivity index (χ0) is 16.4. The van der Waals surface area contributed by atoms with Crippen LogP contribution in [-0.2, 0) is 20.0 Å². The van der Waals surface area contributed by atoms with Gasteiger partial charge in [0.1, 0.15) is 22.0 Å². The second-order valence-corrected chi connectivity index (χ2v) is 5.97. The summed E-state index contributed by atoms with van der Waals surface area (Å²) in [6.07, 6.45) is 0.504. The van der Waals surface area contributed by atoms with E-state index < -0.39 is 0 Å². The lowest BCUT2D eigenvalue weighted by molar-refractivity contribution is 0.0949. The monoisotopic (exact) mass is 405 g/mol. The highest BCUT2D eigenvalue weighted by atomic mass is 35.5. The van der Waals surface area contributed by atoms with Crippen LogP contribution in [0.2, 0.25) is 0 Å². The number of benzene rings is 1. The molecule has 0 atom stereocenters. The summed E-state index contributed by atoms with van der Waals surface area (Å²) in [5, 5.41) is 5.19. The van der Waals surface area contributed by atoms with Gasteiger partial charge >= 0.3 is 0 Å². The van der Waals surface area contributed by atoms with Gasteiger partial charge in [-0.25, -0.2) is 14.4 Å². The van der Waals surface area contributed by atoms with E-state index in [-0.39, 0.29) is 36.5 Å². The number of imidazole rings is 1. The van der Waals surface area contributed by atoms with Crippen molar-refractivity contribution in [2.75, 3.05) is 6.54 Å². The summed E-state index contributed by atoms with van der Waals surface area (Å²) in [4.78, 5) is 20.4. The molecule has 3 N–H and O–H groups in total. The van der Waals surface area contributed by atoms with E-state index in [1.54, 1.807) is 11.4 Å². The fourth-order valence-corrected chi connectivity index (χ4v) is 2.99. The number of hydrogen-bond acceptors (Lipinski definition) is 5. The number of thiazole rings is 1. The first-order valence-corrected chi connectivity index (χ1v) is 8.00. The number of nitrogens with zero attached hydrogens (tertiary/aromatic N) is 3. The fourth-order valence-electron chi connectivity index (χ4n) is 2.34. The normalized spacial score (nSPS) is 10.2. The van der Waals surface area contributed by atoms with Crippen LogP contribution in [0.25, 0.3) is 11.0 Å². The Morgan fingerprint density at radius 2 is 2.12 bits per heavy atom. The minimum atomic E-state index is -0.342. The van der Waals surface area contributed by atoms with E-state index in [1.165, 1.54) is 17.4 Å². The fraction of sp³-hybridized carbons (Fsp3) is 0.267. The molecule has 0 bridgehead atoms. The van der Waals surface area contributed by atoms with Crippen LogP contribution in [0.1, 0.15) is 21.3 Å². The molecule has 2 heterocycles. The Morgan fingerprint density at radius 1 is 1.36 bits per heavy atom. The van der Waals surface area contributed by atoms with Crippen molar-refractivity contribution in [1.82, 2.24) is 19.9 Å². The average molecular weight is 406 g/mol. The smallest absolute Gasteiger partial charge is 0.270 e. The number of nitrogens with one attached hydrogen (secondary N) is 1. The molecule has 2 aromatic heterocycles. The van der Waals surface area contributed by atoms with E-state index >= 15 is 0 Å². The molecule has 10 heteroatoms. The van der Waals surface area contributed by atoms with Gasteiger partial charge in [-0.15, -0.1) is 36.2 Å². The van der Waals surface area contributed by atoms with Gasteiger partial charge in [-0.2, -0.15) is 0 Å². The predicted molar refractivity (Wildman–Crippen MR) is 101 cm³/mol. The number of aryl methyl sites for hydroxylation is 1. The first-order chi connectivity index (χ1) is 11.1. The number of para-hydroxylation sites is 1. The molecule has 0 unspecified atom stereocenters. The van der Waals surface area contributed by atoms with E-state index in [0.717, 1.165) is 10.5 Å². The van der Waals surface area contributed by atoms with Gasteiger partial charge in [0, 0.05) is 31.9 Å². The number of carbonyl (C=O) groups excluding carboxylic acids is 1.